The summed E-state index contributed by atoms with van der Waals surface area (Å²) in [5, 5.41) is 0. The van der Waals surface area contributed by atoms with Gasteiger partial charge in [-0.25, -0.2) is 4.57 Å². The molecule has 0 rings (SSSR count). The maximum absolute atomic E-state index is 12.7. The topological polar surface area (TPSA) is 108 Å². The van der Waals surface area contributed by atoms with Crippen molar-refractivity contribution in [1.82, 2.24) is 0 Å². The number of allylic oxidation sites excluding steroid dienone is 18. The smallest absolute Gasteiger partial charge is 0.462 e. The number of phosphoric acid groups is 1. The number of nitrogens with zero attached hydrogens (tertiary/aromatic N) is 1. The lowest BCUT2D eigenvalue weighted by molar-refractivity contribution is -0.870. The third-order valence-corrected chi connectivity index (χ3v) is 9.27. The van der Waals surface area contributed by atoms with Gasteiger partial charge < -0.3 is 18.9 Å². The third kappa shape index (κ3) is 42.3. The Morgan fingerprint density at radius 3 is 1.40 bits per heavy atom. The van der Waals surface area contributed by atoms with Crippen molar-refractivity contribution in [3.63, 3.8) is 0 Å². The summed E-state index contributed by atoms with van der Waals surface area (Å²) in [6.07, 6.45) is 53.0. The molecule has 0 aliphatic rings. The minimum Gasteiger partial charge on any atom is -0.462 e. The van der Waals surface area contributed by atoms with E-state index < -0.39 is 32.5 Å². The zero-order valence-electron chi connectivity index (χ0n) is 36.7. The number of carbonyl (C=O) groups is 2. The highest BCUT2D eigenvalue weighted by Gasteiger charge is 2.27. The molecule has 0 saturated heterocycles. The summed E-state index contributed by atoms with van der Waals surface area (Å²) in [7, 11) is 1.39. The van der Waals surface area contributed by atoms with Gasteiger partial charge in [0, 0.05) is 12.8 Å². The lowest BCUT2D eigenvalue weighted by atomic mass is 10.2. The normalized spacial score (nSPS) is 14.7. The van der Waals surface area contributed by atoms with Gasteiger partial charge in [-0.15, -0.1) is 0 Å². The molecule has 0 bridgehead atoms. The van der Waals surface area contributed by atoms with E-state index in [0.29, 0.717) is 30.3 Å². The molecule has 0 aliphatic carbocycles. The number of esters is 2. The van der Waals surface area contributed by atoms with Gasteiger partial charge in [0.2, 0.25) is 0 Å². The van der Waals surface area contributed by atoms with E-state index in [0.717, 1.165) is 57.8 Å². The zero-order chi connectivity index (χ0) is 42.8. The van der Waals surface area contributed by atoms with Crippen LogP contribution >= 0.6 is 7.82 Å². The van der Waals surface area contributed by atoms with Gasteiger partial charge >= 0.3 is 19.8 Å². The van der Waals surface area contributed by atoms with E-state index in [9.17, 15) is 19.0 Å². The minimum absolute atomic E-state index is 0.00604. The monoisotopic (exact) mass is 829 g/mol. The first-order chi connectivity index (χ1) is 28.0. The Bertz CT molecular complexity index is 1350. The van der Waals surface area contributed by atoms with Crippen molar-refractivity contribution in [2.75, 3.05) is 47.5 Å². The highest BCUT2D eigenvalue weighted by molar-refractivity contribution is 7.47. The fraction of sp³-hybridized carbons (Fsp3) is 0.583. The number of hydrogen-bond donors (Lipinski definition) is 1. The van der Waals surface area contributed by atoms with Crippen molar-refractivity contribution in [2.45, 2.75) is 136 Å². The predicted octanol–water partition coefficient (Wildman–Crippen LogP) is 12.3. The summed E-state index contributed by atoms with van der Waals surface area (Å²) in [6.45, 7) is 4.11. The lowest BCUT2D eigenvalue weighted by Crippen LogP contribution is -2.37. The molecule has 0 heterocycles. The van der Waals surface area contributed by atoms with E-state index in [-0.39, 0.29) is 26.1 Å². The van der Waals surface area contributed by atoms with E-state index in [1.165, 1.54) is 25.7 Å². The number of phosphoric ester groups is 1. The molecule has 0 aromatic rings. The van der Waals surface area contributed by atoms with Crippen molar-refractivity contribution < 1.29 is 42.1 Å². The summed E-state index contributed by atoms with van der Waals surface area (Å²) in [4.78, 5) is 35.3. The van der Waals surface area contributed by atoms with Crippen molar-refractivity contribution >= 4 is 19.8 Å². The van der Waals surface area contributed by atoms with Gasteiger partial charge in [0.1, 0.15) is 19.8 Å². The van der Waals surface area contributed by atoms with Crippen LogP contribution in [0, 0.1) is 0 Å². The molecule has 0 radical (unpaired) electrons. The summed E-state index contributed by atoms with van der Waals surface area (Å²) < 4.78 is 34.1. The highest BCUT2D eigenvalue weighted by Crippen LogP contribution is 2.43. The number of likely N-dealkylation sites (N-methyl/N-ethyl adjacent to an activating group) is 1. The fourth-order valence-corrected chi connectivity index (χ4v) is 5.66. The highest BCUT2D eigenvalue weighted by atomic mass is 31.2. The van der Waals surface area contributed by atoms with Crippen LogP contribution in [-0.4, -0.2) is 74.9 Å². The molecule has 0 aromatic heterocycles. The predicted molar refractivity (Wildman–Crippen MR) is 242 cm³/mol. The molecule has 10 heteroatoms. The fourth-order valence-electron chi connectivity index (χ4n) is 4.92. The second kappa shape index (κ2) is 39.1. The Hall–Kier alpha value is -3.33. The Kier molecular flexibility index (Phi) is 36.9. The van der Waals surface area contributed by atoms with Gasteiger partial charge in [0.15, 0.2) is 6.10 Å². The SMILES string of the molecule is CC/C=C/C/C=C/C/C=C/C/C=C/C/C=C/CCCC(=O)OC[C@H](COP(=O)(O)OCC[N+](C)(C)C)OC(=O)CCC/C=C/C/C=C/C/C=C/C/C=C/CCCCC. The summed E-state index contributed by atoms with van der Waals surface area (Å²) in [5.74, 6) is -0.946. The molecule has 2 atom stereocenters. The van der Waals surface area contributed by atoms with Crippen molar-refractivity contribution in [3.05, 3.63) is 109 Å². The summed E-state index contributed by atoms with van der Waals surface area (Å²) in [5.41, 5.74) is 0. The first-order valence-corrected chi connectivity index (χ1v) is 23.1. The maximum atomic E-state index is 12.7. The van der Waals surface area contributed by atoms with E-state index in [1.54, 1.807) is 0 Å². The molecular weight excluding hydrogens is 750 g/mol. The first kappa shape index (κ1) is 54.7. The van der Waals surface area contributed by atoms with E-state index in [2.05, 4.69) is 111 Å². The molecule has 1 unspecified atom stereocenters. The zero-order valence-corrected chi connectivity index (χ0v) is 37.6. The number of unbranched alkanes of at least 4 members (excludes halogenated alkanes) is 5. The van der Waals surface area contributed by atoms with Gasteiger partial charge in [0.25, 0.3) is 0 Å². The summed E-state index contributed by atoms with van der Waals surface area (Å²) in [6, 6.07) is 0. The Labute approximate surface area is 353 Å². The summed E-state index contributed by atoms with van der Waals surface area (Å²) >= 11 is 0. The van der Waals surface area contributed by atoms with E-state index in [1.807, 2.05) is 33.3 Å². The molecule has 0 saturated carbocycles. The van der Waals surface area contributed by atoms with E-state index in [4.69, 9.17) is 18.5 Å². The van der Waals surface area contributed by atoms with Crippen LogP contribution in [0.4, 0.5) is 0 Å². The maximum Gasteiger partial charge on any atom is 0.472 e. The number of carbonyl (C=O) groups excluding carboxylic acids is 2. The number of rotatable bonds is 37. The molecule has 58 heavy (non-hydrogen) atoms. The largest absolute Gasteiger partial charge is 0.472 e. The average molecular weight is 829 g/mol. The Balaban J connectivity index is 4.59. The standard InChI is InChI=1S/C48H78NO8P/c1-6-8-10-12-14-16-18-20-22-24-26-28-30-32-34-36-38-40-47(50)54-44-46(45-56-58(52,53)55-43-42-49(3,4)5)57-48(51)41-39-37-35-33-31-29-27-25-23-21-19-17-15-13-11-9-7-2/h8,10,14-17,20-23,26-29,32-35,46H,6-7,9,11-13,18-19,24-25,30-31,36-45H2,1-5H3/p+1/b10-8+,16-14+,17-15+,22-20+,23-21+,28-26+,29-27+,34-32+,35-33+/t46-/m1/s1. The van der Waals surface area contributed by atoms with Gasteiger partial charge in [-0.1, -0.05) is 136 Å². The Morgan fingerprint density at radius 1 is 0.552 bits per heavy atom. The first-order valence-electron chi connectivity index (χ1n) is 21.6. The average Bonchev–Trinajstić information content (AvgIpc) is 3.17. The number of ether oxygens (including phenoxy) is 2. The van der Waals surface area contributed by atoms with Crippen LogP contribution in [0.15, 0.2) is 109 Å². The molecule has 0 spiro atoms. The molecular formula is C48H79NO8P+. The van der Waals surface area contributed by atoms with Gasteiger partial charge in [-0.3, -0.25) is 18.6 Å². The van der Waals surface area contributed by atoms with Crippen LogP contribution in [0.2, 0.25) is 0 Å². The molecule has 9 nitrogen and oxygen atoms in total. The second-order valence-corrected chi connectivity index (χ2v) is 16.4. The van der Waals surface area contributed by atoms with Crippen LogP contribution in [0.3, 0.4) is 0 Å². The van der Waals surface area contributed by atoms with Crippen LogP contribution < -0.4 is 0 Å². The van der Waals surface area contributed by atoms with Crippen LogP contribution in [0.5, 0.6) is 0 Å². The molecule has 1 N–H and O–H groups in total. The molecule has 328 valence electrons. The Morgan fingerprint density at radius 2 is 0.966 bits per heavy atom. The molecule has 0 fully saturated rings. The lowest BCUT2D eigenvalue weighted by Gasteiger charge is -2.24. The van der Waals surface area contributed by atoms with Crippen LogP contribution in [0.1, 0.15) is 129 Å². The molecule has 0 amide bonds. The van der Waals surface area contributed by atoms with Gasteiger partial charge in [-0.2, -0.15) is 0 Å². The van der Waals surface area contributed by atoms with Crippen LogP contribution in [-0.2, 0) is 32.7 Å². The quantitative estimate of drug-likeness (QED) is 0.0217. The van der Waals surface area contributed by atoms with Crippen molar-refractivity contribution in [2.24, 2.45) is 0 Å². The van der Waals surface area contributed by atoms with Gasteiger partial charge in [-0.05, 0) is 89.9 Å². The number of quaternary nitrogens is 1. The van der Waals surface area contributed by atoms with Crippen molar-refractivity contribution in [1.29, 1.82) is 0 Å². The number of hydrogen-bond acceptors (Lipinski definition) is 7. The molecule has 0 aromatic carbocycles. The minimum atomic E-state index is -4.41. The third-order valence-electron chi connectivity index (χ3n) is 8.29. The second-order valence-electron chi connectivity index (χ2n) is 15.0. The van der Waals surface area contributed by atoms with Crippen molar-refractivity contribution in [3.8, 4) is 0 Å². The molecule has 0 aliphatic heterocycles. The van der Waals surface area contributed by atoms with Gasteiger partial charge in [0.05, 0.1) is 27.7 Å². The van der Waals surface area contributed by atoms with E-state index >= 15 is 0 Å². The van der Waals surface area contributed by atoms with Crippen LogP contribution in [0.25, 0.3) is 0 Å².